The fraction of sp³-hybridized carbons (Fsp3) is 0.385. The summed E-state index contributed by atoms with van der Waals surface area (Å²) in [5.41, 5.74) is 4.02. The van der Waals surface area contributed by atoms with Crippen molar-refractivity contribution in [1.82, 2.24) is 0 Å². The van der Waals surface area contributed by atoms with Gasteiger partial charge in [0.25, 0.3) is 0 Å². The molecule has 0 saturated carbocycles. The minimum absolute atomic E-state index is 0. The maximum absolute atomic E-state index is 3.31. The molecule has 0 fully saturated rings. The molecule has 0 heterocycles. The molecular formula is C13H17Ru. The predicted molar refractivity (Wildman–Crippen MR) is 58.3 cm³/mol. The first kappa shape index (κ1) is 13.6. The predicted octanol–water partition coefficient (Wildman–Crippen LogP) is 3.98. The average Bonchev–Trinajstić information content (AvgIpc) is 2.51. The topological polar surface area (TPSA) is 0 Å². The Hall–Kier alpha value is -0.417. The average molecular weight is 274 g/mol. The van der Waals surface area contributed by atoms with Crippen molar-refractivity contribution in [2.45, 2.75) is 33.6 Å². The van der Waals surface area contributed by atoms with E-state index < -0.39 is 0 Å². The van der Waals surface area contributed by atoms with Gasteiger partial charge in [-0.1, -0.05) is 23.3 Å². The van der Waals surface area contributed by atoms with Crippen LogP contribution >= 0.6 is 0 Å². The zero-order chi connectivity index (χ0) is 9.68. The quantitative estimate of drug-likeness (QED) is 0.415. The van der Waals surface area contributed by atoms with Gasteiger partial charge in [0, 0.05) is 0 Å². The zero-order valence-corrected chi connectivity index (χ0v) is 10.8. The summed E-state index contributed by atoms with van der Waals surface area (Å²) in [6, 6.07) is 0. The van der Waals surface area contributed by atoms with Gasteiger partial charge in [0.2, 0.25) is 0 Å². The van der Waals surface area contributed by atoms with Crippen LogP contribution < -0.4 is 0 Å². The molecule has 0 N–H and O–H groups in total. The van der Waals surface area contributed by atoms with Crippen LogP contribution in [0.25, 0.3) is 0 Å². The third-order valence-corrected chi connectivity index (χ3v) is 1.93. The summed E-state index contributed by atoms with van der Waals surface area (Å²) in [6.07, 6.45) is 14.1. The summed E-state index contributed by atoms with van der Waals surface area (Å²) < 4.78 is 0. The number of allylic oxidation sites excluding steroid dienone is 8. The molecule has 0 aliphatic heterocycles. The fourth-order valence-electron chi connectivity index (χ4n) is 1.38. The van der Waals surface area contributed by atoms with Crippen LogP contribution in [0, 0.1) is 6.08 Å². The molecule has 0 bridgehead atoms. The molecule has 14 heavy (non-hydrogen) atoms. The molecule has 1 heteroatoms. The van der Waals surface area contributed by atoms with Gasteiger partial charge in [-0.2, -0.15) is 6.08 Å². The Labute approximate surface area is 100 Å². The molecule has 0 aromatic heterocycles. The number of rotatable bonds is 3. The molecule has 1 radical (unpaired) electrons. The smallest absolute Gasteiger partial charge is 0.269 e. The molecule has 1 aliphatic carbocycles. The van der Waals surface area contributed by atoms with Gasteiger partial charge in [-0.3, -0.25) is 6.08 Å². The first-order valence-corrected chi connectivity index (χ1v) is 4.76. The SMILES string of the molecule is CC(C)=CC(C)=CCC1=[C-]CC=C1.[Ru+]. The maximum atomic E-state index is 3.31. The Morgan fingerprint density at radius 3 is 2.64 bits per heavy atom. The van der Waals surface area contributed by atoms with E-state index in [1.807, 2.05) is 0 Å². The molecule has 77 valence electrons. The van der Waals surface area contributed by atoms with Crippen molar-refractivity contribution < 1.29 is 19.5 Å². The molecule has 0 aromatic rings. The zero-order valence-electron chi connectivity index (χ0n) is 9.08. The summed E-state index contributed by atoms with van der Waals surface area (Å²) in [7, 11) is 0. The van der Waals surface area contributed by atoms with Crippen LogP contribution in [-0.2, 0) is 19.5 Å². The normalized spacial score (nSPS) is 14.8. The van der Waals surface area contributed by atoms with Gasteiger partial charge in [-0.15, -0.1) is 6.42 Å². The van der Waals surface area contributed by atoms with Crippen molar-refractivity contribution in [1.29, 1.82) is 0 Å². The second-order valence-electron chi connectivity index (χ2n) is 3.68. The van der Waals surface area contributed by atoms with Crippen LogP contribution in [0.5, 0.6) is 0 Å². The van der Waals surface area contributed by atoms with Gasteiger partial charge in [0.15, 0.2) is 0 Å². The van der Waals surface area contributed by atoms with E-state index >= 15 is 0 Å². The van der Waals surface area contributed by atoms with Crippen LogP contribution in [0.4, 0.5) is 0 Å². The summed E-state index contributed by atoms with van der Waals surface area (Å²) in [4.78, 5) is 0. The van der Waals surface area contributed by atoms with Gasteiger partial charge in [-0.25, -0.2) is 11.6 Å². The first-order valence-electron chi connectivity index (χ1n) is 4.76. The fourth-order valence-corrected chi connectivity index (χ4v) is 1.38. The van der Waals surface area contributed by atoms with Crippen molar-refractivity contribution in [2.75, 3.05) is 0 Å². The molecule has 0 nitrogen and oxygen atoms in total. The van der Waals surface area contributed by atoms with Crippen LogP contribution in [0.3, 0.4) is 0 Å². The second-order valence-corrected chi connectivity index (χ2v) is 3.68. The maximum Gasteiger partial charge on any atom is 1.00 e. The second kappa shape index (κ2) is 6.95. The largest absolute Gasteiger partial charge is 1.00 e. The van der Waals surface area contributed by atoms with Gasteiger partial charge in [-0.05, 0) is 27.2 Å². The van der Waals surface area contributed by atoms with E-state index in [0.29, 0.717) is 0 Å². The Balaban J connectivity index is 0.00000169. The van der Waals surface area contributed by atoms with Crippen molar-refractivity contribution in [2.24, 2.45) is 0 Å². The van der Waals surface area contributed by atoms with Gasteiger partial charge in [0.05, 0.1) is 0 Å². The van der Waals surface area contributed by atoms with E-state index in [1.165, 1.54) is 16.7 Å². The minimum atomic E-state index is 0. The van der Waals surface area contributed by atoms with Crippen LogP contribution in [0.1, 0.15) is 33.6 Å². The molecular weight excluding hydrogens is 257 g/mol. The molecule has 0 aromatic carbocycles. The van der Waals surface area contributed by atoms with Gasteiger partial charge >= 0.3 is 19.5 Å². The van der Waals surface area contributed by atoms with Crippen molar-refractivity contribution in [3.05, 3.63) is 47.1 Å². The Bertz CT molecular complexity index is 286. The van der Waals surface area contributed by atoms with E-state index in [9.17, 15) is 0 Å². The molecule has 0 spiro atoms. The molecule has 1 rings (SSSR count). The molecule has 1 aliphatic rings. The number of hydrogen-bond acceptors (Lipinski definition) is 0. The van der Waals surface area contributed by atoms with E-state index in [-0.39, 0.29) is 19.5 Å². The van der Waals surface area contributed by atoms with Crippen LogP contribution in [0.2, 0.25) is 0 Å². The van der Waals surface area contributed by atoms with Gasteiger partial charge in [0.1, 0.15) is 0 Å². The monoisotopic (exact) mass is 275 g/mol. The summed E-state index contributed by atoms with van der Waals surface area (Å²) in [6.45, 7) is 6.39. The third-order valence-electron chi connectivity index (χ3n) is 1.93. The van der Waals surface area contributed by atoms with Crippen molar-refractivity contribution in [3.63, 3.8) is 0 Å². The Morgan fingerprint density at radius 1 is 1.43 bits per heavy atom. The number of hydrogen-bond donors (Lipinski definition) is 0. The van der Waals surface area contributed by atoms with Gasteiger partial charge < -0.3 is 0 Å². The standard InChI is InChI=1S/C13H17.Ru/c1-11(2)10-12(3)8-9-13-6-4-5-7-13;/h4,6,8,10H,5,9H2,1-3H3;/q-1;+1. The molecule has 0 saturated heterocycles. The van der Waals surface area contributed by atoms with E-state index in [4.69, 9.17) is 0 Å². The van der Waals surface area contributed by atoms with Crippen molar-refractivity contribution in [3.8, 4) is 0 Å². The Kier molecular flexibility index (Phi) is 6.75. The van der Waals surface area contributed by atoms with Crippen molar-refractivity contribution >= 4 is 0 Å². The van der Waals surface area contributed by atoms with Crippen LogP contribution in [-0.4, -0.2) is 0 Å². The first-order chi connectivity index (χ1) is 6.18. The summed E-state index contributed by atoms with van der Waals surface area (Å²) in [5, 5.41) is 0. The molecule has 0 atom stereocenters. The molecule has 0 unspecified atom stereocenters. The summed E-state index contributed by atoms with van der Waals surface area (Å²) in [5.74, 6) is 0. The van der Waals surface area contributed by atoms with E-state index in [1.54, 1.807) is 0 Å². The van der Waals surface area contributed by atoms with Crippen LogP contribution in [0.15, 0.2) is 41.0 Å². The summed E-state index contributed by atoms with van der Waals surface area (Å²) >= 11 is 0. The molecule has 0 amide bonds. The Morgan fingerprint density at radius 2 is 2.14 bits per heavy atom. The van der Waals surface area contributed by atoms with E-state index in [0.717, 1.165) is 12.8 Å². The van der Waals surface area contributed by atoms with E-state index in [2.05, 4.69) is 51.2 Å². The minimum Gasteiger partial charge on any atom is -0.269 e. The third kappa shape index (κ3) is 5.34.